The second-order valence-corrected chi connectivity index (χ2v) is 3.71. The van der Waals surface area contributed by atoms with Gasteiger partial charge in [-0.1, -0.05) is 13.0 Å². The molecule has 0 aliphatic heterocycles. The molecular weight excluding hydrogens is 190 g/mol. The normalized spacial score (nSPS) is 13.0. The third-order valence-electron chi connectivity index (χ3n) is 2.72. The Balaban J connectivity index is 2.63. The standard InChI is InChI=1S/C12H15NO2/c1-8(7-14)9-3-4-11-10(5-6-13-11)12(9)15-2/h3-6,8,13-14H,7H2,1-2H3. The third kappa shape index (κ3) is 1.59. The maximum Gasteiger partial charge on any atom is 0.131 e. The molecule has 1 heterocycles. The number of aromatic nitrogens is 1. The molecule has 2 N–H and O–H groups in total. The average molecular weight is 205 g/mol. The fourth-order valence-electron chi connectivity index (χ4n) is 1.84. The topological polar surface area (TPSA) is 45.2 Å². The molecule has 0 spiro atoms. The lowest BCUT2D eigenvalue weighted by atomic mass is 9.99. The molecule has 0 bridgehead atoms. The molecule has 2 rings (SSSR count). The first-order chi connectivity index (χ1) is 7.27. The smallest absolute Gasteiger partial charge is 0.131 e. The van der Waals surface area contributed by atoms with E-state index in [1.807, 2.05) is 31.3 Å². The van der Waals surface area contributed by atoms with Crippen molar-refractivity contribution >= 4 is 10.9 Å². The summed E-state index contributed by atoms with van der Waals surface area (Å²) < 4.78 is 5.41. The van der Waals surface area contributed by atoms with E-state index in [4.69, 9.17) is 9.84 Å². The number of rotatable bonds is 3. The summed E-state index contributed by atoms with van der Waals surface area (Å²) >= 11 is 0. The molecule has 1 unspecified atom stereocenters. The molecule has 0 radical (unpaired) electrons. The van der Waals surface area contributed by atoms with Gasteiger partial charge in [0.25, 0.3) is 0 Å². The molecule has 0 fully saturated rings. The van der Waals surface area contributed by atoms with Crippen molar-refractivity contribution in [2.24, 2.45) is 0 Å². The van der Waals surface area contributed by atoms with Gasteiger partial charge >= 0.3 is 0 Å². The van der Waals surface area contributed by atoms with Gasteiger partial charge < -0.3 is 14.8 Å². The Labute approximate surface area is 88.7 Å². The van der Waals surface area contributed by atoms with Crippen LogP contribution >= 0.6 is 0 Å². The first-order valence-electron chi connectivity index (χ1n) is 5.02. The van der Waals surface area contributed by atoms with Gasteiger partial charge in [0.2, 0.25) is 0 Å². The summed E-state index contributed by atoms with van der Waals surface area (Å²) in [5.74, 6) is 0.953. The molecular formula is C12H15NO2. The zero-order valence-corrected chi connectivity index (χ0v) is 8.95. The number of ether oxygens (including phenoxy) is 1. The van der Waals surface area contributed by atoms with Gasteiger partial charge in [-0.15, -0.1) is 0 Å². The van der Waals surface area contributed by atoms with Crippen molar-refractivity contribution in [2.45, 2.75) is 12.8 Å². The van der Waals surface area contributed by atoms with Crippen LogP contribution in [-0.2, 0) is 0 Å². The van der Waals surface area contributed by atoms with E-state index in [1.165, 1.54) is 0 Å². The number of hydrogen-bond donors (Lipinski definition) is 2. The molecule has 3 heteroatoms. The van der Waals surface area contributed by atoms with Crippen LogP contribution in [0.3, 0.4) is 0 Å². The van der Waals surface area contributed by atoms with E-state index < -0.39 is 0 Å². The lowest BCUT2D eigenvalue weighted by molar-refractivity contribution is 0.270. The van der Waals surface area contributed by atoms with Gasteiger partial charge in [0, 0.05) is 29.6 Å². The SMILES string of the molecule is COc1c(C(C)CO)ccc2[nH]ccc12. The lowest BCUT2D eigenvalue weighted by Gasteiger charge is -2.14. The predicted octanol–water partition coefficient (Wildman–Crippen LogP) is 2.27. The zero-order chi connectivity index (χ0) is 10.8. The molecule has 2 aromatic rings. The Morgan fingerprint density at radius 2 is 2.20 bits per heavy atom. The van der Waals surface area contributed by atoms with Crippen molar-refractivity contribution in [3.63, 3.8) is 0 Å². The van der Waals surface area contributed by atoms with E-state index in [9.17, 15) is 0 Å². The van der Waals surface area contributed by atoms with Crippen LogP contribution in [0.1, 0.15) is 18.4 Å². The molecule has 0 aliphatic rings. The van der Waals surface area contributed by atoms with Crippen LogP contribution in [0.25, 0.3) is 10.9 Å². The van der Waals surface area contributed by atoms with Crippen LogP contribution in [-0.4, -0.2) is 23.8 Å². The lowest BCUT2D eigenvalue weighted by Crippen LogP contribution is -2.01. The van der Waals surface area contributed by atoms with Crippen molar-refractivity contribution in [3.05, 3.63) is 30.0 Å². The van der Waals surface area contributed by atoms with Crippen molar-refractivity contribution in [1.82, 2.24) is 4.98 Å². The molecule has 0 aliphatic carbocycles. The van der Waals surface area contributed by atoms with Crippen LogP contribution in [0, 0.1) is 0 Å². The number of aliphatic hydroxyl groups excluding tert-OH is 1. The number of nitrogens with one attached hydrogen (secondary N) is 1. The van der Waals surface area contributed by atoms with Crippen LogP contribution in [0.5, 0.6) is 5.75 Å². The first kappa shape index (κ1) is 10.1. The summed E-state index contributed by atoms with van der Waals surface area (Å²) in [5.41, 5.74) is 2.10. The van der Waals surface area contributed by atoms with Gasteiger partial charge in [-0.05, 0) is 17.7 Å². The number of benzene rings is 1. The summed E-state index contributed by atoms with van der Waals surface area (Å²) in [6.07, 6.45) is 1.89. The van der Waals surface area contributed by atoms with Gasteiger partial charge in [0.1, 0.15) is 5.75 Å². The molecule has 0 saturated carbocycles. The Morgan fingerprint density at radius 3 is 2.87 bits per heavy atom. The van der Waals surface area contributed by atoms with E-state index in [2.05, 4.69) is 4.98 Å². The van der Waals surface area contributed by atoms with E-state index in [0.29, 0.717) is 0 Å². The van der Waals surface area contributed by atoms with E-state index in [-0.39, 0.29) is 12.5 Å². The van der Waals surface area contributed by atoms with Gasteiger partial charge in [0.05, 0.1) is 7.11 Å². The van der Waals surface area contributed by atoms with Gasteiger partial charge in [-0.2, -0.15) is 0 Å². The summed E-state index contributed by atoms with van der Waals surface area (Å²) in [6, 6.07) is 6.00. The highest BCUT2D eigenvalue weighted by Crippen LogP contribution is 2.33. The summed E-state index contributed by atoms with van der Waals surface area (Å²) in [5, 5.41) is 10.2. The van der Waals surface area contributed by atoms with Gasteiger partial charge in [0.15, 0.2) is 0 Å². The van der Waals surface area contributed by atoms with E-state index in [1.54, 1.807) is 7.11 Å². The van der Waals surface area contributed by atoms with Crippen molar-refractivity contribution in [2.75, 3.05) is 13.7 Å². The van der Waals surface area contributed by atoms with Gasteiger partial charge in [-0.3, -0.25) is 0 Å². The Kier molecular flexibility index (Phi) is 2.64. The quantitative estimate of drug-likeness (QED) is 0.807. The van der Waals surface area contributed by atoms with E-state index >= 15 is 0 Å². The van der Waals surface area contributed by atoms with Crippen molar-refractivity contribution in [3.8, 4) is 5.75 Å². The fraction of sp³-hybridized carbons (Fsp3) is 0.333. The molecule has 3 nitrogen and oxygen atoms in total. The number of methoxy groups -OCH3 is 1. The molecule has 1 atom stereocenters. The summed E-state index contributed by atoms with van der Waals surface area (Å²) in [6.45, 7) is 2.11. The maximum absolute atomic E-state index is 9.17. The van der Waals surface area contributed by atoms with Gasteiger partial charge in [-0.25, -0.2) is 0 Å². The first-order valence-corrected chi connectivity index (χ1v) is 5.02. The number of hydrogen-bond acceptors (Lipinski definition) is 2. The monoisotopic (exact) mass is 205 g/mol. The van der Waals surface area contributed by atoms with Crippen molar-refractivity contribution in [1.29, 1.82) is 0 Å². The number of H-pyrrole nitrogens is 1. The minimum atomic E-state index is 0.0965. The molecule has 1 aromatic heterocycles. The maximum atomic E-state index is 9.17. The highest BCUT2D eigenvalue weighted by Gasteiger charge is 2.13. The molecule has 80 valence electrons. The largest absolute Gasteiger partial charge is 0.496 e. The van der Waals surface area contributed by atoms with Crippen LogP contribution in [0.4, 0.5) is 0 Å². The molecule has 0 saturated heterocycles. The third-order valence-corrected chi connectivity index (χ3v) is 2.72. The summed E-state index contributed by atoms with van der Waals surface area (Å²) in [7, 11) is 1.66. The summed E-state index contributed by atoms with van der Waals surface area (Å²) in [4.78, 5) is 3.14. The second kappa shape index (κ2) is 3.95. The highest BCUT2D eigenvalue weighted by molar-refractivity contribution is 5.87. The Morgan fingerprint density at radius 1 is 1.40 bits per heavy atom. The predicted molar refractivity (Wildman–Crippen MR) is 60.4 cm³/mol. The average Bonchev–Trinajstić information content (AvgIpc) is 2.74. The molecule has 15 heavy (non-hydrogen) atoms. The second-order valence-electron chi connectivity index (χ2n) is 3.71. The Hall–Kier alpha value is -1.48. The van der Waals surface area contributed by atoms with Crippen LogP contribution < -0.4 is 4.74 Å². The molecule has 0 amide bonds. The fourth-order valence-corrected chi connectivity index (χ4v) is 1.84. The minimum Gasteiger partial charge on any atom is -0.496 e. The van der Waals surface area contributed by atoms with E-state index in [0.717, 1.165) is 22.2 Å². The number of aromatic amines is 1. The highest BCUT2D eigenvalue weighted by atomic mass is 16.5. The molecule has 1 aromatic carbocycles. The number of aliphatic hydroxyl groups is 1. The zero-order valence-electron chi connectivity index (χ0n) is 8.95. The van der Waals surface area contributed by atoms with Crippen LogP contribution in [0.15, 0.2) is 24.4 Å². The minimum absolute atomic E-state index is 0.0965. The van der Waals surface area contributed by atoms with Crippen molar-refractivity contribution < 1.29 is 9.84 Å². The Bertz CT molecular complexity index is 462. The number of fused-ring (bicyclic) bond motifs is 1. The van der Waals surface area contributed by atoms with Crippen LogP contribution in [0.2, 0.25) is 0 Å².